The Morgan fingerprint density at radius 3 is 2.06 bits per heavy atom. The minimum absolute atomic E-state index is 0.207. The number of phenols is 7. The summed E-state index contributed by atoms with van der Waals surface area (Å²) in [6, 6.07) is 6.68. The Labute approximate surface area is 182 Å². The number of fused-ring (bicyclic) bond motifs is 1. The maximum absolute atomic E-state index is 13.1. The third-order valence-corrected chi connectivity index (χ3v) is 4.66. The lowest BCUT2D eigenvalue weighted by molar-refractivity contribution is 0.0730. The van der Waals surface area contributed by atoms with Crippen LogP contribution in [0, 0.1) is 0 Å². The van der Waals surface area contributed by atoms with Crippen LogP contribution in [0.15, 0.2) is 51.7 Å². The molecule has 0 saturated heterocycles. The first-order valence-electron chi connectivity index (χ1n) is 9.09. The average molecular weight is 454 g/mol. The number of ether oxygens (including phenoxy) is 1. The molecular weight excluding hydrogens is 440 g/mol. The van der Waals surface area contributed by atoms with Gasteiger partial charge in [0.05, 0.1) is 5.56 Å². The van der Waals surface area contributed by atoms with Crippen molar-refractivity contribution in [1.82, 2.24) is 0 Å². The Kier molecular flexibility index (Phi) is 4.86. The van der Waals surface area contributed by atoms with Crippen LogP contribution in [0.3, 0.4) is 0 Å². The highest BCUT2D eigenvalue weighted by molar-refractivity contribution is 5.94. The molecule has 0 bridgehead atoms. The third kappa shape index (κ3) is 3.63. The van der Waals surface area contributed by atoms with Gasteiger partial charge in [-0.15, -0.1) is 0 Å². The molecule has 33 heavy (non-hydrogen) atoms. The zero-order chi connectivity index (χ0) is 24.0. The molecule has 0 saturated carbocycles. The molecule has 0 fully saturated rings. The topological polar surface area (TPSA) is 198 Å². The summed E-state index contributed by atoms with van der Waals surface area (Å²) in [4.78, 5) is 25.8. The molecule has 11 nitrogen and oxygen atoms in total. The highest BCUT2D eigenvalue weighted by Gasteiger charge is 2.25. The molecule has 0 aliphatic rings. The summed E-state index contributed by atoms with van der Waals surface area (Å²) in [7, 11) is 0. The van der Waals surface area contributed by atoms with Gasteiger partial charge in [0.15, 0.2) is 34.5 Å². The Morgan fingerprint density at radius 2 is 1.42 bits per heavy atom. The van der Waals surface area contributed by atoms with Crippen LogP contribution < -0.4 is 10.2 Å². The summed E-state index contributed by atoms with van der Waals surface area (Å²) in [5, 5.41) is 67.8. The van der Waals surface area contributed by atoms with Gasteiger partial charge >= 0.3 is 5.97 Å². The van der Waals surface area contributed by atoms with Gasteiger partial charge in [-0.05, 0) is 30.3 Å². The van der Waals surface area contributed by atoms with Gasteiger partial charge in [0.25, 0.3) is 0 Å². The van der Waals surface area contributed by atoms with Crippen LogP contribution in [0.25, 0.3) is 22.3 Å². The van der Waals surface area contributed by atoms with Crippen LogP contribution in [0.1, 0.15) is 10.4 Å². The van der Waals surface area contributed by atoms with Crippen molar-refractivity contribution in [1.29, 1.82) is 0 Å². The summed E-state index contributed by atoms with van der Waals surface area (Å²) >= 11 is 0. The van der Waals surface area contributed by atoms with E-state index in [1.54, 1.807) is 0 Å². The van der Waals surface area contributed by atoms with Crippen molar-refractivity contribution >= 4 is 16.9 Å². The van der Waals surface area contributed by atoms with Crippen molar-refractivity contribution < 1.29 is 49.7 Å². The van der Waals surface area contributed by atoms with Crippen LogP contribution in [0.5, 0.6) is 46.0 Å². The first kappa shape index (κ1) is 21.2. The van der Waals surface area contributed by atoms with Crippen LogP contribution in [0.2, 0.25) is 0 Å². The van der Waals surface area contributed by atoms with Gasteiger partial charge in [-0.1, -0.05) is 0 Å². The van der Waals surface area contributed by atoms with Gasteiger partial charge in [-0.25, -0.2) is 4.79 Å². The molecule has 0 aliphatic heterocycles. The van der Waals surface area contributed by atoms with Crippen molar-refractivity contribution in [2.75, 3.05) is 0 Å². The summed E-state index contributed by atoms with van der Waals surface area (Å²) in [6.45, 7) is 0. The van der Waals surface area contributed by atoms with Crippen molar-refractivity contribution in [3.8, 4) is 57.3 Å². The minimum Gasteiger partial charge on any atom is -0.508 e. The van der Waals surface area contributed by atoms with Crippen LogP contribution in [-0.4, -0.2) is 41.7 Å². The van der Waals surface area contributed by atoms with E-state index in [2.05, 4.69) is 0 Å². The number of hydrogen-bond acceptors (Lipinski definition) is 11. The Bertz CT molecular complexity index is 1480. The second-order valence-corrected chi connectivity index (χ2v) is 6.88. The predicted octanol–water partition coefficient (Wildman–Crippen LogP) is 2.62. The number of carbonyl (C=O) groups is 1. The van der Waals surface area contributed by atoms with Crippen LogP contribution >= 0.6 is 0 Å². The third-order valence-electron chi connectivity index (χ3n) is 4.66. The Hall–Kier alpha value is -5.06. The van der Waals surface area contributed by atoms with E-state index in [-0.39, 0.29) is 16.7 Å². The fraction of sp³-hybridized carbons (Fsp3) is 0. The highest BCUT2D eigenvalue weighted by Crippen LogP contribution is 2.42. The smallest absolute Gasteiger partial charge is 0.343 e. The normalized spacial score (nSPS) is 10.9. The van der Waals surface area contributed by atoms with Crippen molar-refractivity contribution in [3.63, 3.8) is 0 Å². The molecular formula is C22H14O11. The van der Waals surface area contributed by atoms with E-state index in [0.29, 0.717) is 0 Å². The Balaban J connectivity index is 1.97. The maximum Gasteiger partial charge on any atom is 0.343 e. The molecule has 0 aliphatic carbocycles. The lowest BCUT2D eigenvalue weighted by Crippen LogP contribution is -2.16. The summed E-state index contributed by atoms with van der Waals surface area (Å²) in [5.74, 6) is -7.12. The van der Waals surface area contributed by atoms with E-state index in [1.165, 1.54) is 0 Å². The number of esters is 1. The molecule has 0 atom stereocenters. The monoisotopic (exact) mass is 454 g/mol. The molecule has 0 unspecified atom stereocenters. The second-order valence-electron chi connectivity index (χ2n) is 6.88. The molecule has 168 valence electrons. The van der Waals surface area contributed by atoms with Gasteiger partial charge in [-0.2, -0.15) is 0 Å². The summed E-state index contributed by atoms with van der Waals surface area (Å²) in [6.07, 6.45) is 0. The molecule has 7 N–H and O–H groups in total. The van der Waals surface area contributed by atoms with Gasteiger partial charge < -0.3 is 44.9 Å². The minimum atomic E-state index is -1.16. The van der Waals surface area contributed by atoms with E-state index in [1.807, 2.05) is 0 Å². The van der Waals surface area contributed by atoms with E-state index >= 15 is 0 Å². The van der Waals surface area contributed by atoms with Gasteiger partial charge in [0.2, 0.25) is 11.2 Å². The number of carbonyl (C=O) groups excluding carboxylic acids is 1. The molecule has 11 heteroatoms. The zero-order valence-electron chi connectivity index (χ0n) is 16.3. The van der Waals surface area contributed by atoms with Crippen molar-refractivity contribution in [3.05, 3.63) is 58.3 Å². The van der Waals surface area contributed by atoms with Gasteiger partial charge in [0, 0.05) is 17.7 Å². The highest BCUT2D eigenvalue weighted by atomic mass is 16.5. The van der Waals surface area contributed by atoms with Crippen LogP contribution in [-0.2, 0) is 0 Å². The largest absolute Gasteiger partial charge is 0.508 e. The molecule has 1 heterocycles. The molecule has 0 spiro atoms. The number of hydrogen-bond donors (Lipinski definition) is 7. The first-order chi connectivity index (χ1) is 15.6. The van der Waals surface area contributed by atoms with Crippen molar-refractivity contribution in [2.24, 2.45) is 0 Å². The number of phenolic OH excluding ortho intramolecular Hbond substituents is 7. The number of aromatic hydroxyl groups is 7. The van der Waals surface area contributed by atoms with E-state index in [0.717, 1.165) is 42.5 Å². The average Bonchev–Trinajstić information content (AvgIpc) is 2.74. The molecule has 0 radical (unpaired) electrons. The molecule has 0 amide bonds. The first-order valence-corrected chi connectivity index (χ1v) is 9.09. The second kappa shape index (κ2) is 7.57. The molecule has 1 aromatic heterocycles. The Morgan fingerprint density at radius 1 is 0.758 bits per heavy atom. The number of benzene rings is 3. The fourth-order valence-corrected chi connectivity index (χ4v) is 3.09. The van der Waals surface area contributed by atoms with E-state index in [4.69, 9.17) is 9.15 Å². The van der Waals surface area contributed by atoms with Crippen LogP contribution in [0.4, 0.5) is 0 Å². The number of rotatable bonds is 3. The van der Waals surface area contributed by atoms with Crippen molar-refractivity contribution in [2.45, 2.75) is 0 Å². The predicted molar refractivity (Wildman–Crippen MR) is 111 cm³/mol. The van der Waals surface area contributed by atoms with E-state index in [9.17, 15) is 45.3 Å². The van der Waals surface area contributed by atoms with Gasteiger partial charge in [-0.3, -0.25) is 4.79 Å². The van der Waals surface area contributed by atoms with E-state index < -0.39 is 68.5 Å². The lowest BCUT2D eigenvalue weighted by atomic mass is 10.1. The maximum atomic E-state index is 13.1. The SMILES string of the molecule is O=C(Oc1c(-c2cc(O)c(O)c(O)c2)oc2cc(O)cc(O)c2c1=O)c1ccc(O)c(O)c1. The standard InChI is InChI=1S/C22H14O11/c23-10-6-13(26)17-16(7-10)32-20(9-4-14(27)18(29)15(28)5-9)21(19(17)30)33-22(31)8-1-2-11(24)12(25)3-8/h1-7,23-29H. The fourth-order valence-electron chi connectivity index (χ4n) is 3.09. The molecule has 3 aromatic carbocycles. The summed E-state index contributed by atoms with van der Waals surface area (Å²) < 4.78 is 10.7. The van der Waals surface area contributed by atoms with Gasteiger partial charge in [0.1, 0.15) is 22.5 Å². The molecule has 4 aromatic rings. The summed E-state index contributed by atoms with van der Waals surface area (Å²) in [5.41, 5.74) is -1.84. The zero-order valence-corrected chi connectivity index (χ0v) is 16.3. The molecule has 4 rings (SSSR count). The lowest BCUT2D eigenvalue weighted by Gasteiger charge is -2.13. The quantitative estimate of drug-likeness (QED) is 0.177.